The van der Waals surface area contributed by atoms with Gasteiger partial charge in [-0.05, 0) is 30.3 Å². The molecule has 3 nitrogen and oxygen atoms in total. The summed E-state index contributed by atoms with van der Waals surface area (Å²) in [7, 11) is 1.59. The summed E-state index contributed by atoms with van der Waals surface area (Å²) < 4.78 is 5.15. The van der Waals surface area contributed by atoms with Crippen LogP contribution in [0.4, 0.5) is 0 Å². The molecule has 1 heterocycles. The number of aromatic nitrogens is 1. The Kier molecular flexibility index (Phi) is 4.08. The second kappa shape index (κ2) is 5.76. The molecule has 1 aromatic heterocycles. The number of nitrogens with zero attached hydrogens (tertiary/aromatic N) is 2. The van der Waals surface area contributed by atoms with Crippen LogP contribution in [0.5, 0.6) is 5.75 Å². The van der Waals surface area contributed by atoms with E-state index in [0.717, 1.165) is 4.90 Å². The first-order valence-corrected chi connectivity index (χ1v) is 6.30. The van der Waals surface area contributed by atoms with E-state index in [9.17, 15) is 0 Å². The Balaban J connectivity index is 2.39. The molecule has 90 valence electrons. The van der Waals surface area contributed by atoms with Crippen LogP contribution in [0.3, 0.4) is 0 Å². The molecule has 18 heavy (non-hydrogen) atoms. The fourth-order valence-corrected chi connectivity index (χ4v) is 2.48. The molecule has 0 atom stereocenters. The highest BCUT2D eigenvalue weighted by Gasteiger charge is 2.09. The summed E-state index contributed by atoms with van der Waals surface area (Å²) in [4.78, 5) is 4.96. The van der Waals surface area contributed by atoms with E-state index in [1.807, 2.05) is 0 Å². The SMILES string of the molecule is COc1ccc(C#N)c(Sc2ncccc2Cl)c1. The minimum absolute atomic E-state index is 0.564. The molecule has 0 aliphatic carbocycles. The molecule has 0 saturated heterocycles. The molecule has 0 unspecified atom stereocenters. The number of methoxy groups -OCH3 is 1. The summed E-state index contributed by atoms with van der Waals surface area (Å²) in [6.07, 6.45) is 1.67. The molecule has 2 rings (SSSR count). The first-order chi connectivity index (χ1) is 8.74. The van der Waals surface area contributed by atoms with Gasteiger partial charge in [0, 0.05) is 11.1 Å². The normalized spacial score (nSPS) is 9.83. The van der Waals surface area contributed by atoms with Gasteiger partial charge >= 0.3 is 0 Å². The van der Waals surface area contributed by atoms with Crippen molar-refractivity contribution in [2.75, 3.05) is 7.11 Å². The Hall–Kier alpha value is -1.70. The van der Waals surface area contributed by atoms with Crippen molar-refractivity contribution < 1.29 is 4.74 Å². The van der Waals surface area contributed by atoms with Crippen LogP contribution in [0.1, 0.15) is 5.56 Å². The zero-order valence-electron chi connectivity index (χ0n) is 9.55. The molecule has 0 aliphatic rings. The standard InChI is InChI=1S/C13H9ClN2OS/c1-17-10-5-4-9(8-15)12(7-10)18-13-11(14)3-2-6-16-13/h2-7H,1H3. The van der Waals surface area contributed by atoms with Gasteiger partial charge in [0.25, 0.3) is 0 Å². The average Bonchev–Trinajstić information content (AvgIpc) is 2.41. The van der Waals surface area contributed by atoms with Crippen molar-refractivity contribution in [2.45, 2.75) is 9.92 Å². The summed E-state index contributed by atoms with van der Waals surface area (Å²) in [6, 6.07) is 10.9. The van der Waals surface area contributed by atoms with Crippen LogP contribution in [0, 0.1) is 11.3 Å². The number of halogens is 1. The maximum absolute atomic E-state index is 9.07. The molecule has 1 aromatic carbocycles. The predicted molar refractivity (Wildman–Crippen MR) is 71.1 cm³/mol. The van der Waals surface area contributed by atoms with Gasteiger partial charge in [0.05, 0.1) is 17.7 Å². The van der Waals surface area contributed by atoms with Crippen LogP contribution >= 0.6 is 23.4 Å². The molecule has 0 bridgehead atoms. The highest BCUT2D eigenvalue weighted by Crippen LogP contribution is 2.35. The summed E-state index contributed by atoms with van der Waals surface area (Å²) in [6.45, 7) is 0. The van der Waals surface area contributed by atoms with Crippen molar-refractivity contribution in [1.29, 1.82) is 5.26 Å². The topological polar surface area (TPSA) is 45.9 Å². The third-order valence-electron chi connectivity index (χ3n) is 2.24. The van der Waals surface area contributed by atoms with Crippen molar-refractivity contribution >= 4 is 23.4 Å². The smallest absolute Gasteiger partial charge is 0.120 e. The van der Waals surface area contributed by atoms with Crippen molar-refractivity contribution in [1.82, 2.24) is 4.98 Å². The molecule has 0 fully saturated rings. The zero-order valence-corrected chi connectivity index (χ0v) is 11.1. The summed E-state index contributed by atoms with van der Waals surface area (Å²) in [5.74, 6) is 0.698. The maximum atomic E-state index is 9.07. The van der Waals surface area contributed by atoms with Gasteiger partial charge in [-0.25, -0.2) is 4.98 Å². The molecule has 0 N–H and O–H groups in total. The lowest BCUT2D eigenvalue weighted by atomic mass is 10.2. The minimum Gasteiger partial charge on any atom is -0.497 e. The molecular weight excluding hydrogens is 268 g/mol. The number of ether oxygens (including phenoxy) is 1. The monoisotopic (exact) mass is 276 g/mol. The number of hydrogen-bond acceptors (Lipinski definition) is 4. The second-order valence-electron chi connectivity index (χ2n) is 3.37. The largest absolute Gasteiger partial charge is 0.497 e. The number of hydrogen-bond donors (Lipinski definition) is 0. The first-order valence-electron chi connectivity index (χ1n) is 5.11. The van der Waals surface area contributed by atoms with Gasteiger partial charge in [-0.3, -0.25) is 0 Å². The lowest BCUT2D eigenvalue weighted by Crippen LogP contribution is -1.88. The number of nitriles is 1. The molecule has 5 heteroatoms. The van der Waals surface area contributed by atoms with Gasteiger partial charge in [0.15, 0.2) is 0 Å². The zero-order chi connectivity index (χ0) is 13.0. The second-order valence-corrected chi connectivity index (χ2v) is 4.80. The molecular formula is C13H9ClN2OS. The Morgan fingerprint density at radius 2 is 2.22 bits per heavy atom. The third-order valence-corrected chi connectivity index (χ3v) is 3.73. The quantitative estimate of drug-likeness (QED) is 0.856. The number of pyridine rings is 1. The Morgan fingerprint density at radius 1 is 1.39 bits per heavy atom. The van der Waals surface area contributed by atoms with E-state index in [1.54, 1.807) is 43.6 Å². The van der Waals surface area contributed by atoms with Gasteiger partial charge in [-0.1, -0.05) is 23.4 Å². The summed E-state index contributed by atoms with van der Waals surface area (Å²) in [5.41, 5.74) is 0.572. The summed E-state index contributed by atoms with van der Waals surface area (Å²) >= 11 is 7.40. The van der Waals surface area contributed by atoms with Crippen LogP contribution in [-0.2, 0) is 0 Å². The number of benzene rings is 1. The third kappa shape index (κ3) is 2.76. The van der Waals surface area contributed by atoms with E-state index < -0.39 is 0 Å². The van der Waals surface area contributed by atoms with Gasteiger partial charge < -0.3 is 4.74 Å². The summed E-state index contributed by atoms with van der Waals surface area (Å²) in [5, 5.41) is 10.3. The molecule has 0 aliphatic heterocycles. The minimum atomic E-state index is 0.564. The number of rotatable bonds is 3. The Labute approximate surface area is 114 Å². The van der Waals surface area contributed by atoms with E-state index in [-0.39, 0.29) is 0 Å². The molecule has 0 radical (unpaired) electrons. The van der Waals surface area contributed by atoms with Crippen LogP contribution in [0.2, 0.25) is 5.02 Å². The predicted octanol–water partition coefficient (Wildman–Crippen LogP) is 3.77. The Morgan fingerprint density at radius 3 is 2.89 bits per heavy atom. The molecule has 2 aromatic rings. The first kappa shape index (κ1) is 12.7. The van der Waals surface area contributed by atoms with E-state index in [1.165, 1.54) is 11.8 Å². The fourth-order valence-electron chi connectivity index (χ4n) is 1.36. The van der Waals surface area contributed by atoms with Gasteiger partial charge in [-0.15, -0.1) is 0 Å². The van der Waals surface area contributed by atoms with Crippen molar-refractivity contribution in [2.24, 2.45) is 0 Å². The van der Waals surface area contributed by atoms with E-state index in [4.69, 9.17) is 21.6 Å². The van der Waals surface area contributed by atoms with Gasteiger partial charge in [0.2, 0.25) is 0 Å². The molecule has 0 saturated carbocycles. The van der Waals surface area contributed by atoms with Crippen LogP contribution < -0.4 is 4.74 Å². The maximum Gasteiger partial charge on any atom is 0.120 e. The lowest BCUT2D eigenvalue weighted by Gasteiger charge is -2.06. The average molecular weight is 277 g/mol. The highest BCUT2D eigenvalue weighted by atomic mass is 35.5. The van der Waals surface area contributed by atoms with Crippen LogP contribution in [0.25, 0.3) is 0 Å². The van der Waals surface area contributed by atoms with Crippen molar-refractivity contribution in [3.05, 3.63) is 47.1 Å². The van der Waals surface area contributed by atoms with Crippen LogP contribution in [0.15, 0.2) is 46.5 Å². The van der Waals surface area contributed by atoms with E-state index in [2.05, 4.69) is 11.1 Å². The van der Waals surface area contributed by atoms with Crippen LogP contribution in [-0.4, -0.2) is 12.1 Å². The highest BCUT2D eigenvalue weighted by molar-refractivity contribution is 7.99. The molecule has 0 spiro atoms. The van der Waals surface area contributed by atoms with Gasteiger partial charge in [-0.2, -0.15) is 5.26 Å². The van der Waals surface area contributed by atoms with E-state index >= 15 is 0 Å². The lowest BCUT2D eigenvalue weighted by molar-refractivity contribution is 0.413. The van der Waals surface area contributed by atoms with Crippen molar-refractivity contribution in [3.8, 4) is 11.8 Å². The molecule has 0 amide bonds. The van der Waals surface area contributed by atoms with E-state index in [0.29, 0.717) is 21.4 Å². The fraction of sp³-hybridized carbons (Fsp3) is 0.0769. The van der Waals surface area contributed by atoms with Gasteiger partial charge in [0.1, 0.15) is 16.8 Å². The Bertz CT molecular complexity index is 610. The van der Waals surface area contributed by atoms with Crippen molar-refractivity contribution in [3.63, 3.8) is 0 Å².